The van der Waals surface area contributed by atoms with E-state index in [1.165, 1.54) is 6.20 Å². The fourth-order valence-electron chi connectivity index (χ4n) is 1.94. The first-order valence-corrected chi connectivity index (χ1v) is 6.09. The third kappa shape index (κ3) is 3.78. The van der Waals surface area contributed by atoms with Gasteiger partial charge in [0.1, 0.15) is 5.69 Å². The Hall–Kier alpha value is -1.46. The number of carboxylic acid groups (broad SMARTS) is 1. The Morgan fingerprint density at radius 1 is 1.50 bits per heavy atom. The van der Waals surface area contributed by atoms with E-state index < -0.39 is 5.97 Å². The largest absolute Gasteiger partial charge is 0.477 e. The van der Waals surface area contributed by atoms with E-state index in [-0.39, 0.29) is 5.69 Å². The summed E-state index contributed by atoms with van der Waals surface area (Å²) in [5, 5.41) is 8.82. The van der Waals surface area contributed by atoms with Gasteiger partial charge in [0.05, 0.1) is 13.2 Å². The van der Waals surface area contributed by atoms with Crippen LogP contribution in [0, 0.1) is 5.92 Å². The molecular formula is C13H17NO4. The number of pyridine rings is 1. The van der Waals surface area contributed by atoms with Gasteiger partial charge in [-0.3, -0.25) is 0 Å². The lowest BCUT2D eigenvalue weighted by atomic mass is 10.0. The summed E-state index contributed by atoms with van der Waals surface area (Å²) < 4.78 is 10.9. The van der Waals surface area contributed by atoms with Crippen LogP contribution in [0.1, 0.15) is 28.9 Å². The van der Waals surface area contributed by atoms with E-state index in [0.29, 0.717) is 19.1 Å². The predicted octanol–water partition coefficient (Wildman–Crippen LogP) is 1.72. The minimum atomic E-state index is -1.01. The second-order valence-electron chi connectivity index (χ2n) is 4.43. The molecule has 0 bridgehead atoms. The van der Waals surface area contributed by atoms with Crippen LogP contribution < -0.4 is 0 Å². The van der Waals surface area contributed by atoms with Crippen LogP contribution in [0.2, 0.25) is 0 Å². The molecule has 2 rings (SSSR count). The highest BCUT2D eigenvalue weighted by Crippen LogP contribution is 2.15. The number of ether oxygens (including phenoxy) is 2. The van der Waals surface area contributed by atoms with Gasteiger partial charge in [0.2, 0.25) is 0 Å². The molecule has 0 aromatic carbocycles. The maximum atomic E-state index is 10.8. The van der Waals surface area contributed by atoms with Crippen molar-refractivity contribution in [1.29, 1.82) is 0 Å². The molecule has 0 radical (unpaired) electrons. The fraction of sp³-hybridized carbons (Fsp3) is 0.538. The third-order valence-electron chi connectivity index (χ3n) is 3.01. The summed E-state index contributed by atoms with van der Waals surface area (Å²) in [4.78, 5) is 14.5. The van der Waals surface area contributed by atoms with Crippen molar-refractivity contribution in [2.45, 2.75) is 19.4 Å². The molecule has 1 aliphatic rings. The summed E-state index contributed by atoms with van der Waals surface area (Å²) in [7, 11) is 0. The second kappa shape index (κ2) is 6.47. The molecular weight excluding hydrogens is 234 g/mol. The lowest BCUT2D eigenvalue weighted by Gasteiger charge is -2.21. The van der Waals surface area contributed by atoms with Gasteiger partial charge in [-0.15, -0.1) is 0 Å². The fourth-order valence-corrected chi connectivity index (χ4v) is 1.94. The summed E-state index contributed by atoms with van der Waals surface area (Å²) >= 11 is 0. The number of hydrogen-bond acceptors (Lipinski definition) is 4. The van der Waals surface area contributed by atoms with Crippen molar-refractivity contribution in [3.8, 4) is 0 Å². The van der Waals surface area contributed by atoms with E-state index in [1.807, 2.05) is 0 Å². The van der Waals surface area contributed by atoms with Crippen molar-refractivity contribution in [1.82, 2.24) is 4.98 Å². The minimum Gasteiger partial charge on any atom is -0.477 e. The maximum absolute atomic E-state index is 10.8. The van der Waals surface area contributed by atoms with Crippen molar-refractivity contribution in [2.75, 3.05) is 19.8 Å². The Labute approximate surface area is 106 Å². The molecule has 0 unspecified atom stereocenters. The Bertz CT molecular complexity index is 402. The number of rotatable bonds is 5. The van der Waals surface area contributed by atoms with E-state index in [2.05, 4.69) is 4.98 Å². The SMILES string of the molecule is O=C(O)c1cc(COCC2CCOCC2)ccn1. The maximum Gasteiger partial charge on any atom is 0.354 e. The Morgan fingerprint density at radius 2 is 2.28 bits per heavy atom. The summed E-state index contributed by atoms with van der Waals surface area (Å²) in [6, 6.07) is 3.32. The standard InChI is InChI=1S/C13H17NO4/c15-13(16)12-7-11(1-4-14-12)9-18-8-10-2-5-17-6-3-10/h1,4,7,10H,2-3,5-6,8-9H2,(H,15,16). The summed E-state index contributed by atoms with van der Waals surface area (Å²) in [6.07, 6.45) is 3.57. The summed E-state index contributed by atoms with van der Waals surface area (Å²) in [6.45, 7) is 2.76. The molecule has 1 saturated heterocycles. The van der Waals surface area contributed by atoms with Gasteiger partial charge in [-0.25, -0.2) is 9.78 Å². The minimum absolute atomic E-state index is 0.0576. The average Bonchev–Trinajstić information content (AvgIpc) is 2.40. The molecule has 18 heavy (non-hydrogen) atoms. The van der Waals surface area contributed by atoms with Crippen LogP contribution in [0.4, 0.5) is 0 Å². The topological polar surface area (TPSA) is 68.7 Å². The van der Waals surface area contributed by atoms with Crippen molar-refractivity contribution in [2.24, 2.45) is 5.92 Å². The molecule has 1 fully saturated rings. The van der Waals surface area contributed by atoms with Gasteiger partial charge in [0.15, 0.2) is 0 Å². The Balaban J connectivity index is 1.78. The normalized spacial score (nSPS) is 16.7. The number of nitrogens with zero attached hydrogens (tertiary/aromatic N) is 1. The first kappa shape index (κ1) is 13.0. The van der Waals surface area contributed by atoms with Crippen LogP contribution in [-0.4, -0.2) is 35.9 Å². The molecule has 1 aromatic heterocycles. The summed E-state index contributed by atoms with van der Waals surface area (Å²) in [5.41, 5.74) is 0.900. The molecule has 0 spiro atoms. The van der Waals surface area contributed by atoms with Crippen molar-refractivity contribution >= 4 is 5.97 Å². The average molecular weight is 251 g/mol. The van der Waals surface area contributed by atoms with Crippen molar-refractivity contribution < 1.29 is 19.4 Å². The van der Waals surface area contributed by atoms with Gasteiger partial charge in [0.25, 0.3) is 0 Å². The van der Waals surface area contributed by atoms with Gasteiger partial charge >= 0.3 is 5.97 Å². The predicted molar refractivity (Wildman–Crippen MR) is 64.4 cm³/mol. The van der Waals surface area contributed by atoms with Gasteiger partial charge in [-0.2, -0.15) is 0 Å². The van der Waals surface area contributed by atoms with Crippen molar-refractivity contribution in [3.63, 3.8) is 0 Å². The van der Waals surface area contributed by atoms with E-state index in [4.69, 9.17) is 14.6 Å². The first-order chi connectivity index (χ1) is 8.75. The monoisotopic (exact) mass is 251 g/mol. The van der Waals surface area contributed by atoms with Crippen LogP contribution in [-0.2, 0) is 16.1 Å². The molecule has 0 aliphatic carbocycles. The van der Waals surface area contributed by atoms with Crippen LogP contribution >= 0.6 is 0 Å². The molecule has 1 aliphatic heterocycles. The zero-order valence-electron chi connectivity index (χ0n) is 10.2. The molecule has 98 valence electrons. The highest BCUT2D eigenvalue weighted by atomic mass is 16.5. The lowest BCUT2D eigenvalue weighted by Crippen LogP contribution is -2.20. The van der Waals surface area contributed by atoms with Gasteiger partial charge in [-0.1, -0.05) is 0 Å². The third-order valence-corrected chi connectivity index (χ3v) is 3.01. The molecule has 0 saturated carbocycles. The molecule has 0 atom stereocenters. The summed E-state index contributed by atoms with van der Waals surface area (Å²) in [5.74, 6) is -0.458. The highest BCUT2D eigenvalue weighted by molar-refractivity contribution is 5.85. The quantitative estimate of drug-likeness (QED) is 0.863. The van der Waals surface area contributed by atoms with Gasteiger partial charge < -0.3 is 14.6 Å². The van der Waals surface area contributed by atoms with E-state index >= 15 is 0 Å². The number of aromatic nitrogens is 1. The van der Waals surface area contributed by atoms with E-state index in [9.17, 15) is 4.79 Å². The van der Waals surface area contributed by atoms with E-state index in [0.717, 1.165) is 31.6 Å². The molecule has 5 nitrogen and oxygen atoms in total. The van der Waals surface area contributed by atoms with Crippen LogP contribution in [0.5, 0.6) is 0 Å². The Morgan fingerprint density at radius 3 is 3.00 bits per heavy atom. The van der Waals surface area contributed by atoms with Crippen molar-refractivity contribution in [3.05, 3.63) is 29.6 Å². The first-order valence-electron chi connectivity index (χ1n) is 6.09. The van der Waals surface area contributed by atoms with Gasteiger partial charge in [-0.05, 0) is 36.5 Å². The zero-order chi connectivity index (χ0) is 12.8. The van der Waals surface area contributed by atoms with Crippen LogP contribution in [0.15, 0.2) is 18.3 Å². The number of carboxylic acids is 1. The van der Waals surface area contributed by atoms with Crippen LogP contribution in [0.25, 0.3) is 0 Å². The number of aromatic carboxylic acids is 1. The van der Waals surface area contributed by atoms with Gasteiger partial charge in [0, 0.05) is 19.4 Å². The van der Waals surface area contributed by atoms with E-state index in [1.54, 1.807) is 12.1 Å². The Kier molecular flexibility index (Phi) is 4.66. The molecule has 1 N–H and O–H groups in total. The number of hydrogen-bond donors (Lipinski definition) is 1. The molecule has 5 heteroatoms. The second-order valence-corrected chi connectivity index (χ2v) is 4.43. The lowest BCUT2D eigenvalue weighted by molar-refractivity contribution is 0.0157. The number of carbonyl (C=O) groups is 1. The molecule has 0 amide bonds. The molecule has 1 aromatic rings. The highest BCUT2D eigenvalue weighted by Gasteiger charge is 2.13. The molecule has 2 heterocycles. The smallest absolute Gasteiger partial charge is 0.354 e. The zero-order valence-corrected chi connectivity index (χ0v) is 10.2. The van der Waals surface area contributed by atoms with Crippen LogP contribution in [0.3, 0.4) is 0 Å².